The summed E-state index contributed by atoms with van der Waals surface area (Å²) in [6.07, 6.45) is 3.15. The van der Waals surface area contributed by atoms with Crippen LogP contribution in [-0.4, -0.2) is 15.5 Å². The van der Waals surface area contributed by atoms with E-state index in [0.29, 0.717) is 5.82 Å². The fraction of sp³-hybridized carbons (Fsp3) is 0. The first-order valence-electron chi connectivity index (χ1n) is 2.10. The van der Waals surface area contributed by atoms with Crippen LogP contribution >= 0.6 is 9.24 Å². The fourth-order valence-corrected chi connectivity index (χ4v) is 0.558. The van der Waals surface area contributed by atoms with E-state index in [-0.39, 0.29) is 5.52 Å². The van der Waals surface area contributed by atoms with E-state index in [2.05, 4.69) is 9.97 Å². The minimum absolute atomic E-state index is 0.116. The second-order valence-electron chi connectivity index (χ2n) is 1.30. The van der Waals surface area contributed by atoms with Crippen molar-refractivity contribution in [3.63, 3.8) is 0 Å². The van der Waals surface area contributed by atoms with Crippen LogP contribution in [0.25, 0.3) is 0 Å². The van der Waals surface area contributed by atoms with E-state index >= 15 is 0 Å². The van der Waals surface area contributed by atoms with E-state index in [1.165, 1.54) is 6.20 Å². The molecule has 1 aromatic heterocycles. The summed E-state index contributed by atoms with van der Waals surface area (Å²) in [7, 11) is 2.03. The van der Waals surface area contributed by atoms with Crippen molar-refractivity contribution in [3.8, 4) is 0 Å². The molecule has 0 bridgehead atoms. The number of rotatable bonds is 1. The molecule has 0 aliphatic rings. The van der Waals surface area contributed by atoms with E-state index in [1.54, 1.807) is 6.20 Å². The Hall–Kier alpha value is -0.690. The molecular formula is C4H5N2OP. The Balaban J connectivity index is 2.93. The second-order valence-corrected chi connectivity index (χ2v) is 1.83. The second kappa shape index (κ2) is 2.05. The molecule has 0 radical (unpaired) electrons. The van der Waals surface area contributed by atoms with Crippen molar-refractivity contribution >= 4 is 14.8 Å². The van der Waals surface area contributed by atoms with Gasteiger partial charge in [0.1, 0.15) is 0 Å². The highest BCUT2D eigenvalue weighted by molar-refractivity contribution is 7.41. The highest BCUT2D eigenvalue weighted by atomic mass is 31.0. The van der Waals surface area contributed by atoms with Crippen LogP contribution in [0.4, 0.5) is 0 Å². The third kappa shape index (κ3) is 0.928. The molecule has 1 rings (SSSR count). The van der Waals surface area contributed by atoms with Gasteiger partial charge < -0.3 is 4.98 Å². The van der Waals surface area contributed by atoms with E-state index in [0.717, 1.165) is 0 Å². The van der Waals surface area contributed by atoms with Gasteiger partial charge in [-0.05, 0) is 0 Å². The minimum atomic E-state index is -0.116. The van der Waals surface area contributed by atoms with Crippen LogP contribution in [0.15, 0.2) is 12.4 Å². The van der Waals surface area contributed by atoms with Crippen molar-refractivity contribution in [2.45, 2.75) is 0 Å². The Morgan fingerprint density at radius 3 is 2.88 bits per heavy atom. The third-order valence-corrected chi connectivity index (χ3v) is 1.01. The predicted molar refractivity (Wildman–Crippen MR) is 32.6 cm³/mol. The van der Waals surface area contributed by atoms with Gasteiger partial charge in [-0.15, -0.1) is 0 Å². The smallest absolute Gasteiger partial charge is 0.213 e. The molecule has 0 saturated carbocycles. The molecule has 0 fully saturated rings. The lowest BCUT2D eigenvalue weighted by Crippen LogP contribution is -1.88. The van der Waals surface area contributed by atoms with Crippen molar-refractivity contribution < 1.29 is 4.79 Å². The van der Waals surface area contributed by atoms with E-state index in [1.807, 2.05) is 9.24 Å². The topological polar surface area (TPSA) is 45.8 Å². The lowest BCUT2D eigenvalue weighted by Gasteiger charge is -1.79. The van der Waals surface area contributed by atoms with Gasteiger partial charge in [0.05, 0.1) is 0 Å². The molecule has 1 heterocycles. The first kappa shape index (κ1) is 5.45. The number of hydrogen-bond acceptors (Lipinski definition) is 2. The minimum Gasteiger partial charge on any atom is -0.342 e. The van der Waals surface area contributed by atoms with Gasteiger partial charge in [-0.25, -0.2) is 4.98 Å². The number of imidazole rings is 1. The van der Waals surface area contributed by atoms with Crippen LogP contribution in [0.5, 0.6) is 0 Å². The Morgan fingerprint density at radius 2 is 2.62 bits per heavy atom. The predicted octanol–water partition coefficient (Wildman–Crippen LogP) is 0.425. The van der Waals surface area contributed by atoms with Crippen LogP contribution in [-0.2, 0) is 0 Å². The molecule has 0 aromatic carbocycles. The summed E-state index contributed by atoms with van der Waals surface area (Å²) in [6.45, 7) is 0. The molecule has 4 heteroatoms. The molecule has 0 amide bonds. The SMILES string of the molecule is O=C(P)c1ncc[nH]1. The highest BCUT2D eigenvalue weighted by Gasteiger charge is 1.96. The van der Waals surface area contributed by atoms with Gasteiger partial charge >= 0.3 is 0 Å². The van der Waals surface area contributed by atoms with Crippen molar-refractivity contribution in [2.24, 2.45) is 0 Å². The van der Waals surface area contributed by atoms with E-state index in [4.69, 9.17) is 0 Å². The number of H-pyrrole nitrogens is 1. The lowest BCUT2D eigenvalue weighted by atomic mass is 10.7. The summed E-state index contributed by atoms with van der Waals surface area (Å²) >= 11 is 0. The standard InChI is InChI=1S/C4H5N2OP/c7-4(8)3-5-1-2-6-3/h1-2H,8H2,(H,5,6). The monoisotopic (exact) mass is 128 g/mol. The van der Waals surface area contributed by atoms with Crippen molar-refractivity contribution in [1.82, 2.24) is 9.97 Å². The summed E-state index contributed by atoms with van der Waals surface area (Å²) in [4.78, 5) is 16.7. The largest absolute Gasteiger partial charge is 0.342 e. The first-order valence-corrected chi connectivity index (χ1v) is 2.67. The summed E-state index contributed by atoms with van der Waals surface area (Å²) in [5, 5.41) is 0. The van der Waals surface area contributed by atoms with Gasteiger partial charge in [0, 0.05) is 12.4 Å². The maximum absolute atomic E-state index is 10.4. The van der Waals surface area contributed by atoms with Gasteiger partial charge in [-0.2, -0.15) is 0 Å². The number of carbonyl (C=O) groups is 1. The number of aromatic nitrogens is 2. The molecule has 1 atom stereocenters. The van der Waals surface area contributed by atoms with E-state index in [9.17, 15) is 4.79 Å². The zero-order valence-electron chi connectivity index (χ0n) is 4.09. The van der Waals surface area contributed by atoms with Gasteiger partial charge in [0.25, 0.3) is 0 Å². The molecule has 0 saturated heterocycles. The van der Waals surface area contributed by atoms with E-state index < -0.39 is 0 Å². The Labute approximate surface area is 48.7 Å². The van der Waals surface area contributed by atoms with Crippen LogP contribution in [0.3, 0.4) is 0 Å². The van der Waals surface area contributed by atoms with Crippen molar-refractivity contribution in [3.05, 3.63) is 18.2 Å². The average Bonchev–Trinajstić information content (AvgIpc) is 2.12. The van der Waals surface area contributed by atoms with Crippen LogP contribution in [0.2, 0.25) is 0 Å². The number of hydrogen-bond donors (Lipinski definition) is 1. The summed E-state index contributed by atoms with van der Waals surface area (Å²) in [5.74, 6) is 0.384. The zero-order valence-corrected chi connectivity index (χ0v) is 5.24. The number of aromatic amines is 1. The Kier molecular flexibility index (Phi) is 1.40. The number of nitrogens with one attached hydrogen (secondary N) is 1. The van der Waals surface area contributed by atoms with Gasteiger partial charge in [-0.1, -0.05) is 9.24 Å². The Morgan fingerprint density at radius 1 is 1.88 bits per heavy atom. The maximum Gasteiger partial charge on any atom is 0.213 e. The summed E-state index contributed by atoms with van der Waals surface area (Å²) in [5.41, 5.74) is -0.116. The maximum atomic E-state index is 10.4. The van der Waals surface area contributed by atoms with Gasteiger partial charge in [-0.3, -0.25) is 4.79 Å². The van der Waals surface area contributed by atoms with Crippen LogP contribution < -0.4 is 0 Å². The summed E-state index contributed by atoms with van der Waals surface area (Å²) in [6, 6.07) is 0. The molecule has 0 aliphatic carbocycles. The molecule has 1 unspecified atom stereocenters. The lowest BCUT2D eigenvalue weighted by molar-refractivity contribution is 0.108. The normalized spacial score (nSPS) is 9.12. The zero-order chi connectivity index (χ0) is 5.98. The quantitative estimate of drug-likeness (QED) is 0.557. The molecular weight excluding hydrogens is 123 g/mol. The van der Waals surface area contributed by atoms with Crippen molar-refractivity contribution in [2.75, 3.05) is 0 Å². The molecule has 1 aromatic rings. The molecule has 8 heavy (non-hydrogen) atoms. The first-order chi connectivity index (χ1) is 3.80. The van der Waals surface area contributed by atoms with Gasteiger partial charge in [0.2, 0.25) is 5.52 Å². The number of carbonyl (C=O) groups excluding carboxylic acids is 1. The number of nitrogens with zero attached hydrogens (tertiary/aromatic N) is 1. The molecule has 1 N–H and O–H groups in total. The van der Waals surface area contributed by atoms with Crippen molar-refractivity contribution in [1.29, 1.82) is 0 Å². The van der Waals surface area contributed by atoms with Crippen LogP contribution in [0.1, 0.15) is 10.6 Å². The van der Waals surface area contributed by atoms with Gasteiger partial charge in [0.15, 0.2) is 5.82 Å². The molecule has 3 nitrogen and oxygen atoms in total. The highest BCUT2D eigenvalue weighted by Crippen LogP contribution is 1.95. The Bertz CT molecular complexity index is 182. The van der Waals surface area contributed by atoms with Crippen LogP contribution in [0, 0.1) is 0 Å². The molecule has 42 valence electrons. The average molecular weight is 128 g/mol. The molecule has 0 aliphatic heterocycles. The third-order valence-electron chi connectivity index (χ3n) is 0.732. The molecule has 0 spiro atoms. The fourth-order valence-electron chi connectivity index (χ4n) is 0.400. The summed E-state index contributed by atoms with van der Waals surface area (Å²) < 4.78 is 0.